The Morgan fingerprint density at radius 1 is 1.57 bits per heavy atom. The molecule has 2 rings (SSSR count). The normalized spacial score (nSPS) is 13.9. The number of nitrogens with zero attached hydrogens (tertiary/aromatic N) is 3. The zero-order valence-electron chi connectivity index (χ0n) is 11.4. The Balaban J connectivity index is 2.45. The summed E-state index contributed by atoms with van der Waals surface area (Å²) in [5.74, 6) is -0.698. The van der Waals surface area contributed by atoms with Gasteiger partial charge in [0.1, 0.15) is 16.9 Å². The van der Waals surface area contributed by atoms with Crippen LogP contribution in [0.25, 0.3) is 11.5 Å². The summed E-state index contributed by atoms with van der Waals surface area (Å²) in [4.78, 5) is 14.3. The molecule has 1 heterocycles. The summed E-state index contributed by atoms with van der Waals surface area (Å²) in [5.41, 5.74) is 4.51. The van der Waals surface area contributed by atoms with E-state index in [1.807, 2.05) is 0 Å². The third-order valence-electron chi connectivity index (χ3n) is 2.77. The summed E-state index contributed by atoms with van der Waals surface area (Å²) in [6.07, 6.45) is 0. The lowest BCUT2D eigenvalue weighted by molar-refractivity contribution is -0.384. The number of ether oxygens (including phenoxy) is 1. The van der Waals surface area contributed by atoms with E-state index in [2.05, 4.69) is 10.1 Å². The van der Waals surface area contributed by atoms with Gasteiger partial charge in [-0.25, -0.2) is 4.39 Å². The first-order chi connectivity index (χ1) is 9.85. The fourth-order valence-corrected chi connectivity index (χ4v) is 1.77. The maximum Gasteiger partial charge on any atom is 0.285 e. The monoisotopic (exact) mass is 296 g/mol. The Morgan fingerprint density at radius 2 is 2.29 bits per heavy atom. The van der Waals surface area contributed by atoms with Crippen molar-refractivity contribution in [2.75, 3.05) is 13.7 Å². The highest BCUT2D eigenvalue weighted by molar-refractivity contribution is 5.66. The van der Waals surface area contributed by atoms with Gasteiger partial charge in [-0.05, 0) is 19.1 Å². The molecule has 0 spiro atoms. The summed E-state index contributed by atoms with van der Waals surface area (Å²) < 4.78 is 23.1. The molecule has 0 fully saturated rings. The number of nitro benzene ring substituents is 1. The van der Waals surface area contributed by atoms with Crippen molar-refractivity contribution in [3.8, 4) is 11.5 Å². The van der Waals surface area contributed by atoms with Crippen LogP contribution in [-0.4, -0.2) is 28.8 Å². The average molecular weight is 296 g/mol. The molecule has 0 aliphatic carbocycles. The highest BCUT2D eigenvalue weighted by atomic mass is 19.1. The van der Waals surface area contributed by atoms with Crippen molar-refractivity contribution >= 4 is 5.69 Å². The van der Waals surface area contributed by atoms with Gasteiger partial charge in [0.2, 0.25) is 0 Å². The highest BCUT2D eigenvalue weighted by Crippen LogP contribution is 2.30. The molecule has 0 saturated carbocycles. The van der Waals surface area contributed by atoms with Crippen molar-refractivity contribution in [2.45, 2.75) is 12.5 Å². The molecule has 1 aromatic heterocycles. The van der Waals surface area contributed by atoms with E-state index in [0.717, 1.165) is 12.1 Å². The summed E-state index contributed by atoms with van der Waals surface area (Å²) in [6, 6.07) is 3.06. The minimum absolute atomic E-state index is 0.0216. The number of rotatable bonds is 5. The summed E-state index contributed by atoms with van der Waals surface area (Å²) >= 11 is 0. The van der Waals surface area contributed by atoms with Gasteiger partial charge in [0, 0.05) is 7.11 Å². The lowest BCUT2D eigenvalue weighted by Gasteiger charge is -2.18. The van der Waals surface area contributed by atoms with Crippen LogP contribution in [0.3, 0.4) is 0 Å². The summed E-state index contributed by atoms with van der Waals surface area (Å²) in [6.45, 7) is 1.77. The second-order valence-corrected chi connectivity index (χ2v) is 4.69. The van der Waals surface area contributed by atoms with E-state index in [0.29, 0.717) is 0 Å². The molecule has 0 bridgehead atoms. The van der Waals surface area contributed by atoms with Crippen molar-refractivity contribution < 1.29 is 18.6 Å². The maximum absolute atomic E-state index is 13.1. The van der Waals surface area contributed by atoms with Crippen LogP contribution >= 0.6 is 0 Å². The third-order valence-corrected chi connectivity index (χ3v) is 2.77. The molecule has 2 aromatic rings. The molecule has 0 aliphatic rings. The first-order valence-corrected chi connectivity index (χ1v) is 5.91. The predicted molar refractivity (Wildman–Crippen MR) is 69.8 cm³/mol. The first-order valence-electron chi connectivity index (χ1n) is 5.91. The quantitative estimate of drug-likeness (QED) is 0.657. The largest absolute Gasteiger partial charge is 0.382 e. The van der Waals surface area contributed by atoms with E-state index < -0.39 is 22.0 Å². The Bertz CT molecular complexity index is 671. The Labute approximate surface area is 118 Å². The number of halogens is 1. The second-order valence-electron chi connectivity index (χ2n) is 4.69. The SMILES string of the molecule is COCC(C)(N)c1noc(-c2ccc(F)cc2[N+](=O)[O-])n1. The molecule has 1 aromatic carbocycles. The van der Waals surface area contributed by atoms with Crippen LogP contribution in [0, 0.1) is 15.9 Å². The van der Waals surface area contributed by atoms with Crippen LogP contribution in [-0.2, 0) is 10.3 Å². The van der Waals surface area contributed by atoms with E-state index in [4.69, 9.17) is 15.0 Å². The van der Waals surface area contributed by atoms with E-state index in [9.17, 15) is 14.5 Å². The molecule has 9 heteroatoms. The second kappa shape index (κ2) is 5.54. The van der Waals surface area contributed by atoms with E-state index >= 15 is 0 Å². The molecule has 1 unspecified atom stereocenters. The van der Waals surface area contributed by atoms with Gasteiger partial charge in [-0.2, -0.15) is 4.98 Å². The molecule has 8 nitrogen and oxygen atoms in total. The number of aromatic nitrogens is 2. The van der Waals surface area contributed by atoms with Crippen molar-refractivity contribution in [2.24, 2.45) is 5.73 Å². The minimum atomic E-state index is -1.01. The van der Waals surface area contributed by atoms with Crippen LogP contribution in [0.4, 0.5) is 10.1 Å². The van der Waals surface area contributed by atoms with E-state index in [1.165, 1.54) is 13.2 Å². The topological polar surface area (TPSA) is 117 Å². The van der Waals surface area contributed by atoms with Gasteiger partial charge in [-0.15, -0.1) is 0 Å². The van der Waals surface area contributed by atoms with E-state index in [-0.39, 0.29) is 23.9 Å². The number of nitro groups is 1. The van der Waals surface area contributed by atoms with Crippen molar-refractivity contribution in [3.05, 3.63) is 40.0 Å². The predicted octanol–water partition coefficient (Wildman–Crippen LogP) is 1.60. The fraction of sp³-hybridized carbons (Fsp3) is 0.333. The third kappa shape index (κ3) is 3.03. The lowest BCUT2D eigenvalue weighted by atomic mass is 10.1. The number of methoxy groups -OCH3 is 1. The number of benzene rings is 1. The van der Waals surface area contributed by atoms with Gasteiger partial charge in [0.15, 0.2) is 5.82 Å². The van der Waals surface area contributed by atoms with E-state index in [1.54, 1.807) is 6.92 Å². The summed E-state index contributed by atoms with van der Waals surface area (Å²) in [7, 11) is 1.47. The Hall–Kier alpha value is -2.39. The molecule has 21 heavy (non-hydrogen) atoms. The highest BCUT2D eigenvalue weighted by Gasteiger charge is 2.29. The van der Waals surface area contributed by atoms with Gasteiger partial charge in [-0.1, -0.05) is 5.16 Å². The van der Waals surface area contributed by atoms with Crippen molar-refractivity contribution in [1.82, 2.24) is 10.1 Å². The Kier molecular flexibility index (Phi) is 3.96. The van der Waals surface area contributed by atoms with Crippen LogP contribution < -0.4 is 5.73 Å². The van der Waals surface area contributed by atoms with Crippen LogP contribution in [0.2, 0.25) is 0 Å². The molecule has 1 atom stereocenters. The molecule has 0 amide bonds. The maximum atomic E-state index is 13.1. The van der Waals surface area contributed by atoms with Gasteiger partial charge < -0.3 is 15.0 Å². The standard InChI is InChI=1S/C12H13FN4O4/c1-12(14,6-20-2)11-15-10(21-16-11)8-4-3-7(13)5-9(8)17(18)19/h3-5H,6,14H2,1-2H3. The number of hydrogen-bond donors (Lipinski definition) is 1. The molecule has 0 radical (unpaired) electrons. The van der Waals surface area contributed by atoms with Crippen molar-refractivity contribution in [1.29, 1.82) is 0 Å². The smallest absolute Gasteiger partial charge is 0.285 e. The molecule has 112 valence electrons. The minimum Gasteiger partial charge on any atom is -0.382 e. The van der Waals surface area contributed by atoms with Crippen LogP contribution in [0.1, 0.15) is 12.7 Å². The zero-order chi connectivity index (χ0) is 15.6. The molecular formula is C12H13FN4O4. The lowest BCUT2D eigenvalue weighted by Crippen LogP contribution is -2.38. The van der Waals surface area contributed by atoms with Crippen LogP contribution in [0.15, 0.2) is 22.7 Å². The zero-order valence-corrected chi connectivity index (χ0v) is 11.4. The van der Waals surface area contributed by atoms with Gasteiger partial charge in [0.25, 0.3) is 11.6 Å². The van der Waals surface area contributed by atoms with Crippen LogP contribution in [0.5, 0.6) is 0 Å². The number of nitrogens with two attached hydrogens (primary N) is 1. The molecular weight excluding hydrogens is 283 g/mol. The summed E-state index contributed by atoms with van der Waals surface area (Å²) in [5, 5.41) is 14.7. The Morgan fingerprint density at radius 3 is 2.90 bits per heavy atom. The van der Waals surface area contributed by atoms with Gasteiger partial charge >= 0.3 is 0 Å². The van der Waals surface area contributed by atoms with Gasteiger partial charge in [0.05, 0.1) is 17.6 Å². The molecule has 0 saturated heterocycles. The molecule has 2 N–H and O–H groups in total. The van der Waals surface area contributed by atoms with Gasteiger partial charge in [-0.3, -0.25) is 10.1 Å². The average Bonchev–Trinajstić information content (AvgIpc) is 2.88. The number of hydrogen-bond acceptors (Lipinski definition) is 7. The fourth-order valence-electron chi connectivity index (χ4n) is 1.77. The first kappa shape index (κ1) is 15.0. The van der Waals surface area contributed by atoms with Crippen molar-refractivity contribution in [3.63, 3.8) is 0 Å². The molecule has 0 aliphatic heterocycles.